The highest BCUT2D eigenvalue weighted by Gasteiger charge is 2.11. The minimum absolute atomic E-state index is 0.0897. The Kier molecular flexibility index (Phi) is 4.57. The topological polar surface area (TPSA) is 72.2 Å². The van der Waals surface area contributed by atoms with Crippen molar-refractivity contribution in [2.45, 2.75) is 26.4 Å². The highest BCUT2D eigenvalue weighted by atomic mass is 16.5. The van der Waals surface area contributed by atoms with E-state index in [1.165, 1.54) is 0 Å². The number of benzene rings is 1. The van der Waals surface area contributed by atoms with Crippen molar-refractivity contribution in [1.29, 1.82) is 0 Å². The fourth-order valence-electron chi connectivity index (χ4n) is 1.99. The molecule has 0 radical (unpaired) electrons. The molecule has 6 nitrogen and oxygen atoms in total. The summed E-state index contributed by atoms with van der Waals surface area (Å²) in [7, 11) is 1.92. The van der Waals surface area contributed by atoms with Crippen molar-refractivity contribution >= 4 is 0 Å². The molecule has 1 aromatic carbocycles. The van der Waals surface area contributed by atoms with Crippen LogP contribution >= 0.6 is 0 Å². The number of phenolic OH excluding ortho intramolecular Hbond substituents is 1. The molecule has 0 aliphatic heterocycles. The summed E-state index contributed by atoms with van der Waals surface area (Å²) in [6.45, 7) is 5.11. The quantitative estimate of drug-likeness (QED) is 0.841. The van der Waals surface area contributed by atoms with Crippen molar-refractivity contribution in [2.75, 3.05) is 6.61 Å². The Morgan fingerprint density at radius 3 is 2.90 bits per heavy atom. The van der Waals surface area contributed by atoms with Crippen LogP contribution in [0.2, 0.25) is 0 Å². The number of hydrogen-bond acceptors (Lipinski definition) is 5. The van der Waals surface area contributed by atoms with Crippen molar-refractivity contribution in [2.24, 2.45) is 7.05 Å². The first-order valence-corrected chi connectivity index (χ1v) is 6.63. The van der Waals surface area contributed by atoms with Gasteiger partial charge in [0.2, 0.25) is 0 Å². The fourth-order valence-corrected chi connectivity index (χ4v) is 1.99. The second-order valence-electron chi connectivity index (χ2n) is 4.64. The molecule has 108 valence electrons. The monoisotopic (exact) mass is 276 g/mol. The summed E-state index contributed by atoms with van der Waals surface area (Å²) in [5.41, 5.74) is 1.04. The lowest BCUT2D eigenvalue weighted by molar-refractivity contribution is 0.317. The Hall–Kier alpha value is -2.08. The van der Waals surface area contributed by atoms with E-state index in [2.05, 4.69) is 15.5 Å². The smallest absolute Gasteiger partial charge is 0.161 e. The highest BCUT2D eigenvalue weighted by molar-refractivity contribution is 5.41. The summed E-state index contributed by atoms with van der Waals surface area (Å²) < 4.78 is 7.26. The molecule has 6 heteroatoms. The zero-order valence-electron chi connectivity index (χ0n) is 12.0. The van der Waals surface area contributed by atoms with Crippen molar-refractivity contribution in [3.63, 3.8) is 0 Å². The van der Waals surface area contributed by atoms with E-state index in [9.17, 15) is 5.11 Å². The number of phenols is 1. The van der Waals surface area contributed by atoms with Gasteiger partial charge in [0.1, 0.15) is 12.2 Å². The average molecular weight is 276 g/mol. The first kappa shape index (κ1) is 14.3. The minimum Gasteiger partial charge on any atom is -0.504 e. The van der Waals surface area contributed by atoms with Crippen LogP contribution < -0.4 is 10.1 Å². The van der Waals surface area contributed by atoms with Gasteiger partial charge < -0.3 is 19.7 Å². The molecular weight excluding hydrogens is 256 g/mol. The van der Waals surface area contributed by atoms with Crippen LogP contribution in [0.3, 0.4) is 0 Å². The summed E-state index contributed by atoms with van der Waals surface area (Å²) >= 11 is 0. The first-order valence-electron chi connectivity index (χ1n) is 6.63. The predicted octanol–water partition coefficient (Wildman–Crippen LogP) is 1.77. The van der Waals surface area contributed by atoms with Crippen LogP contribution in [0, 0.1) is 0 Å². The summed E-state index contributed by atoms with van der Waals surface area (Å²) in [5.74, 6) is 1.56. The Morgan fingerprint density at radius 1 is 1.45 bits per heavy atom. The van der Waals surface area contributed by atoms with Crippen LogP contribution in [0.4, 0.5) is 0 Å². The van der Waals surface area contributed by atoms with Gasteiger partial charge in [0.25, 0.3) is 0 Å². The van der Waals surface area contributed by atoms with Gasteiger partial charge in [-0.15, -0.1) is 10.2 Å². The van der Waals surface area contributed by atoms with Gasteiger partial charge >= 0.3 is 0 Å². The summed E-state index contributed by atoms with van der Waals surface area (Å²) in [5, 5.41) is 21.0. The number of rotatable bonds is 6. The number of hydrogen-bond donors (Lipinski definition) is 2. The molecule has 0 aliphatic rings. The van der Waals surface area contributed by atoms with Crippen molar-refractivity contribution in [3.05, 3.63) is 35.9 Å². The molecule has 2 aromatic rings. The molecular formula is C14H20N4O2. The van der Waals surface area contributed by atoms with Gasteiger partial charge in [0.15, 0.2) is 11.5 Å². The maximum Gasteiger partial charge on any atom is 0.161 e. The van der Waals surface area contributed by atoms with E-state index < -0.39 is 0 Å². The van der Waals surface area contributed by atoms with Crippen molar-refractivity contribution < 1.29 is 9.84 Å². The van der Waals surface area contributed by atoms with Crippen LogP contribution in [-0.4, -0.2) is 26.5 Å². The summed E-state index contributed by atoms with van der Waals surface area (Å²) in [4.78, 5) is 0. The van der Waals surface area contributed by atoms with Crippen LogP contribution in [0.5, 0.6) is 11.5 Å². The van der Waals surface area contributed by atoms with Gasteiger partial charge in [-0.1, -0.05) is 6.07 Å². The number of aromatic nitrogens is 3. The SMILES string of the molecule is CCOc1cc(CNC(C)c2nncn2C)ccc1O. The zero-order valence-corrected chi connectivity index (χ0v) is 12.0. The lowest BCUT2D eigenvalue weighted by atomic mass is 10.2. The van der Waals surface area contributed by atoms with E-state index in [-0.39, 0.29) is 11.8 Å². The van der Waals surface area contributed by atoms with Crippen LogP contribution in [0.15, 0.2) is 24.5 Å². The van der Waals surface area contributed by atoms with Crippen LogP contribution in [-0.2, 0) is 13.6 Å². The molecule has 1 heterocycles. The first-order chi connectivity index (χ1) is 9.61. The summed E-state index contributed by atoms with van der Waals surface area (Å²) in [6, 6.07) is 5.45. The van der Waals surface area contributed by atoms with Gasteiger partial charge in [0, 0.05) is 13.6 Å². The normalized spacial score (nSPS) is 12.3. The van der Waals surface area contributed by atoms with Gasteiger partial charge in [-0.25, -0.2) is 0 Å². The maximum atomic E-state index is 9.66. The average Bonchev–Trinajstić information content (AvgIpc) is 2.86. The molecule has 0 fully saturated rings. The second-order valence-corrected chi connectivity index (χ2v) is 4.64. The molecule has 2 rings (SSSR count). The molecule has 0 spiro atoms. The Labute approximate surface area is 118 Å². The summed E-state index contributed by atoms with van der Waals surface area (Å²) in [6.07, 6.45) is 1.68. The zero-order chi connectivity index (χ0) is 14.5. The molecule has 1 unspecified atom stereocenters. The third-order valence-corrected chi connectivity index (χ3v) is 3.07. The molecule has 1 atom stereocenters. The minimum atomic E-state index is 0.0897. The van der Waals surface area contributed by atoms with E-state index >= 15 is 0 Å². The molecule has 20 heavy (non-hydrogen) atoms. The molecule has 0 amide bonds. The highest BCUT2D eigenvalue weighted by Crippen LogP contribution is 2.26. The second kappa shape index (κ2) is 6.38. The van der Waals surface area contributed by atoms with Gasteiger partial charge in [-0.3, -0.25) is 0 Å². The fraction of sp³-hybridized carbons (Fsp3) is 0.429. The third-order valence-electron chi connectivity index (χ3n) is 3.07. The molecule has 1 aromatic heterocycles. The van der Waals surface area contributed by atoms with Gasteiger partial charge in [-0.2, -0.15) is 0 Å². The number of nitrogens with one attached hydrogen (secondary N) is 1. The van der Waals surface area contributed by atoms with Crippen LogP contribution in [0.1, 0.15) is 31.3 Å². The molecule has 0 bridgehead atoms. The number of nitrogens with zero attached hydrogens (tertiary/aromatic N) is 3. The van der Waals surface area contributed by atoms with Crippen molar-refractivity contribution in [1.82, 2.24) is 20.1 Å². The molecule has 0 saturated carbocycles. The molecule has 2 N–H and O–H groups in total. The Morgan fingerprint density at radius 2 is 2.25 bits per heavy atom. The predicted molar refractivity (Wildman–Crippen MR) is 75.5 cm³/mol. The van der Waals surface area contributed by atoms with E-state index in [0.29, 0.717) is 18.9 Å². The van der Waals surface area contributed by atoms with Gasteiger partial charge in [0.05, 0.1) is 12.6 Å². The number of ether oxygens (including phenoxy) is 1. The Balaban J connectivity index is 2.00. The third kappa shape index (κ3) is 3.27. The lowest BCUT2D eigenvalue weighted by Crippen LogP contribution is -2.21. The van der Waals surface area contributed by atoms with E-state index in [1.807, 2.05) is 37.6 Å². The standard InChI is InChI=1S/C14H20N4O2/c1-4-20-13-7-11(5-6-12(13)19)8-15-10(2)14-17-16-9-18(14)3/h5-7,9-10,15,19H,4,8H2,1-3H3. The Bertz CT molecular complexity index is 568. The lowest BCUT2D eigenvalue weighted by Gasteiger charge is -2.14. The van der Waals surface area contributed by atoms with Crippen molar-refractivity contribution in [3.8, 4) is 11.5 Å². The van der Waals surface area contributed by atoms with E-state index in [4.69, 9.17) is 4.74 Å². The van der Waals surface area contributed by atoms with E-state index in [0.717, 1.165) is 11.4 Å². The van der Waals surface area contributed by atoms with Gasteiger partial charge in [-0.05, 0) is 31.5 Å². The largest absolute Gasteiger partial charge is 0.504 e. The molecule has 0 saturated heterocycles. The van der Waals surface area contributed by atoms with E-state index in [1.54, 1.807) is 12.4 Å². The number of aryl methyl sites for hydroxylation is 1. The van der Waals surface area contributed by atoms with Crippen LogP contribution in [0.25, 0.3) is 0 Å². The number of aromatic hydroxyl groups is 1. The maximum absolute atomic E-state index is 9.66. The molecule has 0 aliphatic carbocycles.